The zero-order valence-corrected chi connectivity index (χ0v) is 40.0. The van der Waals surface area contributed by atoms with Crippen LogP contribution in [0.5, 0.6) is 11.5 Å². The van der Waals surface area contributed by atoms with Crippen LogP contribution in [0.25, 0.3) is 33.6 Å². The minimum absolute atomic E-state index is 0.126. The summed E-state index contributed by atoms with van der Waals surface area (Å²) in [6.45, 7) is 12.3. The standard InChI is InChI=1S/C45H62N8O10.C3H8/c1-28(2)38(52-45(57)61-7)43(55)53-20-10-12-36(53)42-48-26-35(51-42)33-18-17-32(39(62-23-21-58-4)40(33)63-24-22-59-5)30-13-15-31(16-14-30)34-25-47-41(50-34)29(3)11-8-9-19-46-37(54)27-49-44(56)60-6;1-3-2/h13-18,25-26,28-29,36,38H,8-12,19-24,27H2,1-7H3,(H,46,54)(H,47,50)(H,48,51)(H,49,56)(H,52,57);3H2,1-2H3. The zero-order valence-electron chi connectivity index (χ0n) is 40.0. The molecule has 1 fully saturated rings. The molecule has 0 aliphatic carbocycles. The van der Waals surface area contributed by atoms with Crippen molar-refractivity contribution < 1.29 is 47.6 Å². The predicted molar refractivity (Wildman–Crippen MR) is 251 cm³/mol. The second kappa shape index (κ2) is 27.4. The summed E-state index contributed by atoms with van der Waals surface area (Å²) in [5.74, 6) is 2.12. The number of amides is 4. The molecule has 0 saturated carbocycles. The van der Waals surface area contributed by atoms with Crippen molar-refractivity contribution in [2.24, 2.45) is 5.92 Å². The summed E-state index contributed by atoms with van der Waals surface area (Å²) in [5, 5.41) is 7.86. The second-order valence-corrected chi connectivity index (χ2v) is 16.3. The van der Waals surface area contributed by atoms with Gasteiger partial charge in [-0.25, -0.2) is 19.6 Å². The number of nitrogens with zero attached hydrogens (tertiary/aromatic N) is 3. The van der Waals surface area contributed by atoms with E-state index in [1.165, 1.54) is 20.6 Å². The summed E-state index contributed by atoms with van der Waals surface area (Å²) in [6, 6.07) is 11.0. The maximum atomic E-state index is 13.8. The van der Waals surface area contributed by atoms with Crippen molar-refractivity contribution in [2.45, 2.75) is 91.1 Å². The van der Waals surface area contributed by atoms with Gasteiger partial charge < -0.3 is 59.2 Å². The minimum Gasteiger partial charge on any atom is -0.487 e. The Labute approximate surface area is 388 Å². The number of carbonyl (C=O) groups excluding carboxylic acids is 4. The Morgan fingerprint density at radius 2 is 1.38 bits per heavy atom. The Balaban J connectivity index is 0.00000309. The van der Waals surface area contributed by atoms with Gasteiger partial charge in [0.25, 0.3) is 0 Å². The number of nitrogens with one attached hydrogen (secondary N) is 5. The fraction of sp³-hybridized carbons (Fsp3) is 0.542. The number of benzene rings is 2. The maximum absolute atomic E-state index is 13.8. The molecule has 1 aliphatic rings. The highest BCUT2D eigenvalue weighted by Crippen LogP contribution is 2.45. The van der Waals surface area contributed by atoms with Crippen LogP contribution in [-0.2, 0) is 28.5 Å². The molecular formula is C48H70N8O10. The maximum Gasteiger partial charge on any atom is 0.407 e. The first-order valence-corrected chi connectivity index (χ1v) is 22.8. The summed E-state index contributed by atoms with van der Waals surface area (Å²) < 4.78 is 32.9. The lowest BCUT2D eigenvalue weighted by Gasteiger charge is -2.30. The molecular weight excluding hydrogens is 849 g/mol. The molecule has 4 aromatic rings. The van der Waals surface area contributed by atoms with Crippen molar-refractivity contribution >= 4 is 24.0 Å². The largest absolute Gasteiger partial charge is 0.487 e. The van der Waals surface area contributed by atoms with E-state index in [2.05, 4.69) is 56.4 Å². The molecule has 1 saturated heterocycles. The molecule has 0 spiro atoms. The van der Waals surface area contributed by atoms with Gasteiger partial charge in [-0.05, 0) is 54.9 Å². The van der Waals surface area contributed by atoms with Crippen LogP contribution in [0, 0.1) is 5.92 Å². The highest BCUT2D eigenvalue weighted by molar-refractivity contribution is 5.87. The van der Waals surface area contributed by atoms with Gasteiger partial charge >= 0.3 is 12.2 Å². The number of hydrogen-bond donors (Lipinski definition) is 5. The lowest BCUT2D eigenvalue weighted by molar-refractivity contribution is -0.135. The van der Waals surface area contributed by atoms with E-state index in [0.29, 0.717) is 55.7 Å². The Morgan fingerprint density at radius 1 is 0.758 bits per heavy atom. The van der Waals surface area contributed by atoms with E-state index in [1.807, 2.05) is 56.4 Å². The number of imidazole rings is 2. The number of methoxy groups -OCH3 is 4. The first kappa shape index (κ1) is 52.5. The van der Waals surface area contributed by atoms with E-state index in [4.69, 9.17) is 28.7 Å². The van der Waals surface area contributed by atoms with Crippen molar-refractivity contribution in [3.05, 3.63) is 60.4 Å². The van der Waals surface area contributed by atoms with Gasteiger partial charge in [0.15, 0.2) is 11.5 Å². The third-order valence-electron chi connectivity index (χ3n) is 10.8. The molecule has 2 aromatic carbocycles. The first-order valence-electron chi connectivity index (χ1n) is 22.8. The molecule has 18 nitrogen and oxygen atoms in total. The molecule has 1 aliphatic heterocycles. The molecule has 5 rings (SSSR count). The summed E-state index contributed by atoms with van der Waals surface area (Å²) in [6.07, 6.45) is 7.59. The van der Waals surface area contributed by atoms with Crippen molar-refractivity contribution in [3.63, 3.8) is 0 Å². The number of rotatable bonds is 23. The molecule has 0 bridgehead atoms. The smallest absolute Gasteiger partial charge is 0.407 e. The normalized spacial score (nSPS) is 14.2. The molecule has 5 N–H and O–H groups in total. The number of carbonyl (C=O) groups is 4. The number of aromatic nitrogens is 4. The zero-order chi connectivity index (χ0) is 48.0. The number of likely N-dealkylation sites (tertiary alicyclic amines) is 1. The minimum atomic E-state index is -0.746. The third kappa shape index (κ3) is 15.0. The quantitative estimate of drug-likeness (QED) is 0.0460. The average Bonchev–Trinajstić information content (AvgIpc) is 4.13. The Morgan fingerprint density at radius 3 is 2.02 bits per heavy atom. The fourth-order valence-corrected chi connectivity index (χ4v) is 7.37. The highest BCUT2D eigenvalue weighted by Gasteiger charge is 2.37. The molecule has 4 amide bonds. The molecule has 66 heavy (non-hydrogen) atoms. The van der Waals surface area contributed by atoms with Crippen LogP contribution in [0.15, 0.2) is 48.8 Å². The Bertz CT molecular complexity index is 2120. The molecule has 3 atom stereocenters. The van der Waals surface area contributed by atoms with Crippen LogP contribution in [0.2, 0.25) is 0 Å². The van der Waals surface area contributed by atoms with Crippen LogP contribution in [0.3, 0.4) is 0 Å². The molecule has 362 valence electrons. The van der Waals surface area contributed by atoms with Crippen molar-refractivity contribution in [2.75, 3.05) is 74.5 Å². The van der Waals surface area contributed by atoms with Crippen molar-refractivity contribution in [1.82, 2.24) is 40.8 Å². The highest BCUT2D eigenvalue weighted by atomic mass is 16.6. The van der Waals surface area contributed by atoms with Gasteiger partial charge in [0.1, 0.15) is 30.9 Å². The Hall–Kier alpha value is -6.14. The summed E-state index contributed by atoms with van der Waals surface area (Å²) in [4.78, 5) is 67.1. The summed E-state index contributed by atoms with van der Waals surface area (Å²) >= 11 is 0. The van der Waals surface area contributed by atoms with Crippen LogP contribution in [-0.4, -0.2) is 129 Å². The lowest BCUT2D eigenvalue weighted by atomic mass is 9.98. The average molecular weight is 919 g/mol. The monoisotopic (exact) mass is 919 g/mol. The topological polar surface area (TPSA) is 220 Å². The Kier molecular flexibility index (Phi) is 21.8. The van der Waals surface area contributed by atoms with Gasteiger partial charge in [-0.3, -0.25) is 9.59 Å². The molecule has 3 unspecified atom stereocenters. The van der Waals surface area contributed by atoms with E-state index in [0.717, 1.165) is 59.5 Å². The SMILES string of the molecule is CCC.COCCOc1c(-c2ccc(-c3cnc(C(C)CCCCNC(=O)CNC(=O)OC)[nH]3)cc2)ccc(-c2cnc(C3CCCN3C(=O)C(NC(=O)OC)C(C)C)[nH]2)c1OCCOC. The van der Waals surface area contributed by atoms with Gasteiger partial charge in [-0.2, -0.15) is 0 Å². The van der Waals surface area contributed by atoms with E-state index >= 15 is 0 Å². The van der Waals surface area contributed by atoms with E-state index in [1.54, 1.807) is 25.3 Å². The van der Waals surface area contributed by atoms with Gasteiger partial charge in [0.05, 0.1) is 63.8 Å². The third-order valence-corrected chi connectivity index (χ3v) is 10.8. The lowest BCUT2D eigenvalue weighted by Crippen LogP contribution is -2.51. The first-order chi connectivity index (χ1) is 31.9. The van der Waals surface area contributed by atoms with Gasteiger partial charge in [0, 0.05) is 44.4 Å². The molecule has 18 heteroatoms. The van der Waals surface area contributed by atoms with Crippen molar-refractivity contribution in [3.8, 4) is 45.1 Å². The summed E-state index contributed by atoms with van der Waals surface area (Å²) in [7, 11) is 5.76. The van der Waals surface area contributed by atoms with Crippen LogP contribution < -0.4 is 25.4 Å². The second-order valence-electron chi connectivity index (χ2n) is 16.3. The predicted octanol–water partition coefficient (Wildman–Crippen LogP) is 7.39. The fourth-order valence-electron chi connectivity index (χ4n) is 7.37. The van der Waals surface area contributed by atoms with Gasteiger partial charge in [-0.15, -0.1) is 0 Å². The van der Waals surface area contributed by atoms with Crippen LogP contribution in [0.1, 0.15) is 96.8 Å². The van der Waals surface area contributed by atoms with Gasteiger partial charge in [0.2, 0.25) is 11.8 Å². The number of unbranched alkanes of at least 4 members (excludes halogenated alkanes) is 1. The van der Waals surface area contributed by atoms with E-state index in [9.17, 15) is 19.2 Å². The number of H-pyrrole nitrogens is 2. The summed E-state index contributed by atoms with van der Waals surface area (Å²) in [5.41, 5.74) is 4.98. The molecule has 3 heterocycles. The number of aromatic amines is 2. The van der Waals surface area contributed by atoms with Crippen LogP contribution in [0.4, 0.5) is 9.59 Å². The molecule has 0 radical (unpaired) electrons. The van der Waals surface area contributed by atoms with E-state index < -0.39 is 18.2 Å². The van der Waals surface area contributed by atoms with Crippen LogP contribution >= 0.6 is 0 Å². The van der Waals surface area contributed by atoms with Gasteiger partial charge in [-0.1, -0.05) is 71.7 Å². The van der Waals surface area contributed by atoms with E-state index in [-0.39, 0.29) is 49.5 Å². The van der Waals surface area contributed by atoms with Crippen molar-refractivity contribution in [1.29, 1.82) is 0 Å². The number of hydrogen-bond acceptors (Lipinski definition) is 12. The molecule has 2 aromatic heterocycles. The number of ether oxygens (including phenoxy) is 6. The number of alkyl carbamates (subject to hydrolysis) is 2.